The van der Waals surface area contributed by atoms with Crippen LogP contribution in [0.4, 0.5) is 0 Å². The van der Waals surface area contributed by atoms with Gasteiger partial charge >= 0.3 is 0 Å². The zero-order chi connectivity index (χ0) is 8.10. The molecule has 1 heterocycles. The van der Waals surface area contributed by atoms with E-state index < -0.39 is 0 Å². The molecule has 0 unspecified atom stereocenters. The van der Waals surface area contributed by atoms with E-state index in [1.165, 1.54) is 0 Å². The van der Waals surface area contributed by atoms with E-state index in [0.717, 1.165) is 17.3 Å². The van der Waals surface area contributed by atoms with Crippen molar-refractivity contribution in [3.8, 4) is 0 Å². The van der Waals surface area contributed by atoms with Crippen molar-refractivity contribution in [2.75, 3.05) is 12.3 Å². The van der Waals surface area contributed by atoms with Gasteiger partial charge in [0.15, 0.2) is 5.22 Å². The van der Waals surface area contributed by atoms with Crippen LogP contribution in [-0.2, 0) is 5.75 Å². The fraction of sp³-hybridized carbons (Fsp3) is 0.429. The van der Waals surface area contributed by atoms with Crippen LogP contribution < -0.4 is 5.73 Å². The first kappa shape index (κ1) is 8.97. The van der Waals surface area contributed by atoms with Crippen LogP contribution in [0.3, 0.4) is 0 Å². The average Bonchev–Trinajstić information content (AvgIpc) is 2.37. The van der Waals surface area contributed by atoms with Crippen molar-refractivity contribution in [3.05, 3.63) is 23.1 Å². The molecule has 0 bridgehead atoms. The van der Waals surface area contributed by atoms with Gasteiger partial charge in [-0.05, 0) is 23.7 Å². The van der Waals surface area contributed by atoms with Crippen LogP contribution in [0.25, 0.3) is 0 Å². The zero-order valence-electron chi connectivity index (χ0n) is 6.05. The third-order valence-corrected chi connectivity index (χ3v) is 2.35. The molecule has 1 aromatic heterocycles. The Kier molecular flexibility index (Phi) is 3.83. The minimum Gasteiger partial charge on any atom is -0.449 e. The SMILES string of the molecule is NCCSCc1ccc(Cl)o1. The van der Waals surface area contributed by atoms with Gasteiger partial charge in [-0.2, -0.15) is 11.8 Å². The van der Waals surface area contributed by atoms with E-state index in [4.69, 9.17) is 21.8 Å². The molecule has 4 heteroatoms. The Labute approximate surface area is 75.1 Å². The quantitative estimate of drug-likeness (QED) is 0.742. The van der Waals surface area contributed by atoms with E-state index in [0.29, 0.717) is 11.8 Å². The molecule has 0 aliphatic heterocycles. The Hall–Kier alpha value is -0.120. The molecule has 1 aromatic rings. The van der Waals surface area contributed by atoms with Gasteiger partial charge in [0.1, 0.15) is 5.76 Å². The lowest BCUT2D eigenvalue weighted by atomic mass is 10.5. The summed E-state index contributed by atoms with van der Waals surface area (Å²) in [5.74, 6) is 2.72. The van der Waals surface area contributed by atoms with Crippen molar-refractivity contribution in [3.63, 3.8) is 0 Å². The molecular weight excluding hydrogens is 182 g/mol. The highest BCUT2D eigenvalue weighted by atomic mass is 35.5. The third-order valence-electron chi connectivity index (χ3n) is 1.14. The van der Waals surface area contributed by atoms with Gasteiger partial charge in [0.05, 0.1) is 5.75 Å². The molecule has 0 amide bonds. The summed E-state index contributed by atoms with van der Waals surface area (Å²) in [6.07, 6.45) is 0. The van der Waals surface area contributed by atoms with Gasteiger partial charge < -0.3 is 10.2 Å². The molecule has 62 valence electrons. The zero-order valence-corrected chi connectivity index (χ0v) is 7.62. The van der Waals surface area contributed by atoms with Gasteiger partial charge in [0, 0.05) is 12.3 Å². The van der Waals surface area contributed by atoms with E-state index in [9.17, 15) is 0 Å². The third kappa shape index (κ3) is 3.18. The first-order valence-electron chi connectivity index (χ1n) is 3.35. The number of halogens is 1. The van der Waals surface area contributed by atoms with E-state index in [2.05, 4.69) is 0 Å². The molecule has 0 atom stereocenters. The second kappa shape index (κ2) is 4.70. The van der Waals surface area contributed by atoms with Crippen LogP contribution in [0, 0.1) is 0 Å². The van der Waals surface area contributed by atoms with Gasteiger partial charge in [-0.25, -0.2) is 0 Å². The second-order valence-corrected chi connectivity index (χ2v) is 3.52. The smallest absolute Gasteiger partial charge is 0.193 e. The van der Waals surface area contributed by atoms with Gasteiger partial charge in [-0.3, -0.25) is 0 Å². The molecule has 2 nitrogen and oxygen atoms in total. The fourth-order valence-corrected chi connectivity index (χ4v) is 1.51. The molecule has 0 aliphatic rings. The molecule has 0 radical (unpaired) electrons. The molecule has 0 aliphatic carbocycles. The maximum Gasteiger partial charge on any atom is 0.193 e. The number of furan rings is 1. The van der Waals surface area contributed by atoms with E-state index >= 15 is 0 Å². The number of rotatable bonds is 4. The topological polar surface area (TPSA) is 39.2 Å². The van der Waals surface area contributed by atoms with Crippen LogP contribution in [-0.4, -0.2) is 12.3 Å². The molecule has 0 saturated carbocycles. The molecule has 11 heavy (non-hydrogen) atoms. The highest BCUT2D eigenvalue weighted by molar-refractivity contribution is 7.98. The van der Waals surface area contributed by atoms with E-state index in [-0.39, 0.29) is 0 Å². The fourth-order valence-electron chi connectivity index (χ4n) is 0.685. The summed E-state index contributed by atoms with van der Waals surface area (Å²) in [6, 6.07) is 3.63. The first-order chi connectivity index (χ1) is 5.33. The Balaban J connectivity index is 2.27. The molecule has 1 rings (SSSR count). The maximum absolute atomic E-state index is 5.57. The van der Waals surface area contributed by atoms with Crippen molar-refractivity contribution in [1.29, 1.82) is 0 Å². The highest BCUT2D eigenvalue weighted by Gasteiger charge is 1.98. The molecule has 0 spiro atoms. The number of thioether (sulfide) groups is 1. The van der Waals surface area contributed by atoms with Crippen LogP contribution in [0.2, 0.25) is 5.22 Å². The Morgan fingerprint density at radius 3 is 2.91 bits per heavy atom. The van der Waals surface area contributed by atoms with Crippen LogP contribution in [0.1, 0.15) is 5.76 Å². The lowest BCUT2D eigenvalue weighted by molar-refractivity contribution is 0.532. The predicted octanol–water partition coefficient (Wildman–Crippen LogP) is 2.12. The summed E-state index contributed by atoms with van der Waals surface area (Å²) in [7, 11) is 0. The summed E-state index contributed by atoms with van der Waals surface area (Å²) in [5.41, 5.74) is 5.32. The van der Waals surface area contributed by atoms with Gasteiger partial charge in [0.2, 0.25) is 0 Å². The Morgan fingerprint density at radius 1 is 1.55 bits per heavy atom. The van der Waals surface area contributed by atoms with Gasteiger partial charge in [-0.1, -0.05) is 0 Å². The summed E-state index contributed by atoms with van der Waals surface area (Å²) in [4.78, 5) is 0. The van der Waals surface area contributed by atoms with Gasteiger partial charge in [-0.15, -0.1) is 0 Å². The number of hydrogen-bond acceptors (Lipinski definition) is 3. The second-order valence-electron chi connectivity index (χ2n) is 2.05. The largest absolute Gasteiger partial charge is 0.449 e. The lowest BCUT2D eigenvalue weighted by Gasteiger charge is -1.94. The Morgan fingerprint density at radius 2 is 2.36 bits per heavy atom. The minimum absolute atomic E-state index is 0.452. The van der Waals surface area contributed by atoms with Crippen LogP contribution >= 0.6 is 23.4 Å². The average molecular weight is 192 g/mol. The van der Waals surface area contributed by atoms with Crippen molar-refractivity contribution < 1.29 is 4.42 Å². The molecule has 0 aromatic carbocycles. The first-order valence-corrected chi connectivity index (χ1v) is 4.88. The van der Waals surface area contributed by atoms with Crippen molar-refractivity contribution in [2.45, 2.75) is 5.75 Å². The maximum atomic E-state index is 5.57. The molecule has 0 saturated heterocycles. The monoisotopic (exact) mass is 191 g/mol. The van der Waals surface area contributed by atoms with Crippen LogP contribution in [0.15, 0.2) is 16.5 Å². The Bertz CT molecular complexity index is 214. The van der Waals surface area contributed by atoms with Crippen LogP contribution in [0.5, 0.6) is 0 Å². The van der Waals surface area contributed by atoms with E-state index in [1.54, 1.807) is 17.8 Å². The normalized spacial score (nSPS) is 10.4. The predicted molar refractivity (Wildman–Crippen MR) is 48.9 cm³/mol. The number of nitrogens with two attached hydrogens (primary N) is 1. The van der Waals surface area contributed by atoms with E-state index in [1.807, 2.05) is 6.07 Å². The van der Waals surface area contributed by atoms with Crippen molar-refractivity contribution in [1.82, 2.24) is 0 Å². The van der Waals surface area contributed by atoms with Crippen molar-refractivity contribution in [2.24, 2.45) is 5.73 Å². The standard InChI is InChI=1S/C7H10ClNOS/c8-7-2-1-6(10-7)5-11-4-3-9/h1-2H,3-5,9H2. The molecule has 0 fully saturated rings. The van der Waals surface area contributed by atoms with Gasteiger partial charge in [0.25, 0.3) is 0 Å². The summed E-state index contributed by atoms with van der Waals surface area (Å²) < 4.78 is 5.13. The summed E-state index contributed by atoms with van der Waals surface area (Å²) >= 11 is 7.31. The summed E-state index contributed by atoms with van der Waals surface area (Å²) in [6.45, 7) is 0.707. The highest BCUT2D eigenvalue weighted by Crippen LogP contribution is 2.17. The molecule has 2 N–H and O–H groups in total. The minimum atomic E-state index is 0.452. The number of hydrogen-bond donors (Lipinski definition) is 1. The summed E-state index contributed by atoms with van der Waals surface area (Å²) in [5, 5.41) is 0.452. The van der Waals surface area contributed by atoms with Crippen molar-refractivity contribution >= 4 is 23.4 Å². The lowest BCUT2D eigenvalue weighted by Crippen LogP contribution is -2.01. The molecular formula is C7H10ClNOS.